The van der Waals surface area contributed by atoms with E-state index in [4.69, 9.17) is 0 Å². The van der Waals surface area contributed by atoms with Gasteiger partial charge in [0.1, 0.15) is 5.60 Å². The highest BCUT2D eigenvalue weighted by atomic mass is 16.3. The summed E-state index contributed by atoms with van der Waals surface area (Å²) >= 11 is 0. The number of rotatable bonds is 2. The van der Waals surface area contributed by atoms with Crippen LogP contribution in [0.4, 0.5) is 0 Å². The highest BCUT2D eigenvalue weighted by Gasteiger charge is 2.29. The first-order valence-corrected chi connectivity index (χ1v) is 6.14. The zero-order valence-corrected chi connectivity index (χ0v) is 11.4. The normalized spacial score (nSPS) is 14.3. The Labute approximate surface area is 108 Å². The molecule has 1 aromatic carbocycles. The van der Waals surface area contributed by atoms with Gasteiger partial charge in [-0.25, -0.2) is 0 Å². The number of nitrogens with zero attached hydrogens (tertiary/aromatic N) is 1. The van der Waals surface area contributed by atoms with Crippen molar-refractivity contribution in [2.24, 2.45) is 0 Å². The Hall–Kier alpha value is -1.67. The lowest BCUT2D eigenvalue weighted by Gasteiger charge is -2.27. The average Bonchev–Trinajstić information content (AvgIpc) is 2.32. The minimum Gasteiger partial charge on any atom is -0.381 e. The van der Waals surface area contributed by atoms with Gasteiger partial charge in [-0.3, -0.25) is 4.98 Å². The van der Waals surface area contributed by atoms with Gasteiger partial charge in [0.25, 0.3) is 0 Å². The molecule has 18 heavy (non-hydrogen) atoms. The monoisotopic (exact) mass is 241 g/mol. The molecule has 2 rings (SSSR count). The van der Waals surface area contributed by atoms with Gasteiger partial charge in [-0.1, -0.05) is 23.8 Å². The fourth-order valence-electron chi connectivity index (χ4n) is 2.38. The minimum absolute atomic E-state index is 0.860. The number of aryl methyl sites for hydroxylation is 3. The Morgan fingerprint density at radius 3 is 2.33 bits per heavy atom. The van der Waals surface area contributed by atoms with Crippen LogP contribution in [0.15, 0.2) is 36.7 Å². The lowest BCUT2D eigenvalue weighted by atomic mass is 9.84. The topological polar surface area (TPSA) is 33.1 Å². The molecular weight excluding hydrogens is 222 g/mol. The third kappa shape index (κ3) is 2.16. The Kier molecular flexibility index (Phi) is 3.22. The van der Waals surface area contributed by atoms with Gasteiger partial charge < -0.3 is 5.11 Å². The molecule has 0 aliphatic rings. The molecule has 0 aliphatic carbocycles. The van der Waals surface area contributed by atoms with Crippen LogP contribution in [-0.4, -0.2) is 10.1 Å². The van der Waals surface area contributed by atoms with Crippen molar-refractivity contribution in [2.45, 2.75) is 33.3 Å². The molecule has 0 spiro atoms. The van der Waals surface area contributed by atoms with Gasteiger partial charge >= 0.3 is 0 Å². The van der Waals surface area contributed by atoms with Gasteiger partial charge in [-0.15, -0.1) is 0 Å². The number of aromatic nitrogens is 1. The third-order valence-corrected chi connectivity index (χ3v) is 3.48. The van der Waals surface area contributed by atoms with E-state index >= 15 is 0 Å². The maximum Gasteiger partial charge on any atom is 0.114 e. The SMILES string of the molecule is Cc1ccc(C)c(C(C)(O)c2cnccc2C)c1. The summed E-state index contributed by atoms with van der Waals surface area (Å²) in [5, 5.41) is 10.9. The van der Waals surface area contributed by atoms with Crippen LogP contribution in [0.2, 0.25) is 0 Å². The molecule has 0 aliphatic heterocycles. The fraction of sp³-hybridized carbons (Fsp3) is 0.312. The standard InChI is InChI=1S/C16H19NO/c1-11-5-6-12(2)14(9-11)16(4,18)15-10-17-8-7-13(15)3/h5-10,18H,1-4H3. The van der Waals surface area contributed by atoms with Crippen molar-refractivity contribution in [3.05, 3.63) is 64.5 Å². The molecule has 1 heterocycles. The molecule has 1 N–H and O–H groups in total. The van der Waals surface area contributed by atoms with Crippen molar-refractivity contribution in [1.29, 1.82) is 0 Å². The van der Waals surface area contributed by atoms with E-state index in [-0.39, 0.29) is 0 Å². The van der Waals surface area contributed by atoms with Gasteiger partial charge in [-0.2, -0.15) is 0 Å². The van der Waals surface area contributed by atoms with Crippen LogP contribution < -0.4 is 0 Å². The first kappa shape index (κ1) is 12.8. The van der Waals surface area contributed by atoms with Crippen molar-refractivity contribution in [3.8, 4) is 0 Å². The van der Waals surface area contributed by atoms with E-state index in [9.17, 15) is 5.11 Å². The summed E-state index contributed by atoms with van der Waals surface area (Å²) in [6.45, 7) is 7.89. The first-order valence-electron chi connectivity index (χ1n) is 6.14. The molecule has 0 radical (unpaired) electrons. The van der Waals surface area contributed by atoms with Gasteiger partial charge in [0.2, 0.25) is 0 Å². The largest absolute Gasteiger partial charge is 0.381 e. The Balaban J connectivity index is 2.61. The highest BCUT2D eigenvalue weighted by molar-refractivity contribution is 5.43. The molecular formula is C16H19NO. The van der Waals surface area contributed by atoms with Gasteiger partial charge in [0, 0.05) is 18.0 Å². The molecule has 0 saturated carbocycles. The summed E-state index contributed by atoms with van der Waals surface area (Å²) in [7, 11) is 0. The summed E-state index contributed by atoms with van der Waals surface area (Å²) in [6.07, 6.45) is 3.50. The molecule has 2 aromatic rings. The molecule has 1 unspecified atom stereocenters. The lowest BCUT2D eigenvalue weighted by molar-refractivity contribution is 0.100. The number of hydrogen-bond acceptors (Lipinski definition) is 2. The van der Waals surface area contributed by atoms with E-state index in [1.165, 1.54) is 0 Å². The average molecular weight is 241 g/mol. The maximum atomic E-state index is 10.9. The Morgan fingerprint density at radius 2 is 1.67 bits per heavy atom. The van der Waals surface area contributed by atoms with Crippen LogP contribution in [0, 0.1) is 20.8 Å². The number of hydrogen-bond donors (Lipinski definition) is 1. The minimum atomic E-state index is -1.01. The summed E-state index contributed by atoms with van der Waals surface area (Å²) in [5.41, 5.74) is 4.09. The smallest absolute Gasteiger partial charge is 0.114 e. The molecule has 0 saturated heterocycles. The van der Waals surface area contributed by atoms with Gasteiger partial charge in [-0.05, 0) is 50.5 Å². The third-order valence-electron chi connectivity index (χ3n) is 3.48. The number of aliphatic hydroxyl groups is 1. The highest BCUT2D eigenvalue weighted by Crippen LogP contribution is 2.33. The van der Waals surface area contributed by atoms with E-state index in [2.05, 4.69) is 11.1 Å². The van der Waals surface area contributed by atoms with Crippen LogP contribution in [-0.2, 0) is 5.60 Å². The second kappa shape index (κ2) is 4.54. The van der Waals surface area contributed by atoms with Gasteiger partial charge in [0.05, 0.1) is 0 Å². The zero-order valence-electron chi connectivity index (χ0n) is 11.4. The van der Waals surface area contributed by atoms with Crippen LogP contribution in [0.1, 0.15) is 34.7 Å². The molecule has 0 amide bonds. The van der Waals surface area contributed by atoms with Crippen LogP contribution in [0.25, 0.3) is 0 Å². The summed E-state index contributed by atoms with van der Waals surface area (Å²) < 4.78 is 0. The van der Waals surface area contributed by atoms with Crippen LogP contribution in [0.5, 0.6) is 0 Å². The number of pyridine rings is 1. The summed E-state index contributed by atoms with van der Waals surface area (Å²) in [6, 6.07) is 8.08. The fourth-order valence-corrected chi connectivity index (χ4v) is 2.38. The van der Waals surface area contributed by atoms with Crippen molar-refractivity contribution in [3.63, 3.8) is 0 Å². The van der Waals surface area contributed by atoms with E-state index in [1.807, 2.05) is 45.9 Å². The van der Waals surface area contributed by atoms with Crippen molar-refractivity contribution >= 4 is 0 Å². The molecule has 2 heteroatoms. The predicted molar refractivity (Wildman–Crippen MR) is 73.6 cm³/mol. The van der Waals surface area contributed by atoms with Crippen LogP contribution in [0.3, 0.4) is 0 Å². The van der Waals surface area contributed by atoms with E-state index in [0.717, 1.165) is 27.8 Å². The first-order chi connectivity index (χ1) is 8.43. The molecule has 0 bridgehead atoms. The molecule has 94 valence electrons. The molecule has 1 aromatic heterocycles. The Morgan fingerprint density at radius 1 is 1.00 bits per heavy atom. The quantitative estimate of drug-likeness (QED) is 0.875. The van der Waals surface area contributed by atoms with Crippen LogP contribution >= 0.6 is 0 Å². The summed E-state index contributed by atoms with van der Waals surface area (Å²) in [4.78, 5) is 4.13. The van der Waals surface area contributed by atoms with E-state index < -0.39 is 5.60 Å². The second-order valence-electron chi connectivity index (χ2n) is 5.08. The predicted octanol–water partition coefficient (Wildman–Crippen LogP) is 3.26. The van der Waals surface area contributed by atoms with E-state index in [1.54, 1.807) is 12.4 Å². The van der Waals surface area contributed by atoms with Crippen molar-refractivity contribution in [2.75, 3.05) is 0 Å². The van der Waals surface area contributed by atoms with Crippen molar-refractivity contribution < 1.29 is 5.11 Å². The summed E-state index contributed by atoms with van der Waals surface area (Å²) in [5.74, 6) is 0. The number of benzene rings is 1. The van der Waals surface area contributed by atoms with Gasteiger partial charge in [0.15, 0.2) is 0 Å². The zero-order chi connectivity index (χ0) is 13.3. The molecule has 2 nitrogen and oxygen atoms in total. The molecule has 0 fully saturated rings. The van der Waals surface area contributed by atoms with Crippen molar-refractivity contribution in [1.82, 2.24) is 4.98 Å². The maximum absolute atomic E-state index is 10.9. The second-order valence-corrected chi connectivity index (χ2v) is 5.08. The Bertz CT molecular complexity index is 573. The van der Waals surface area contributed by atoms with E-state index in [0.29, 0.717) is 0 Å². The lowest BCUT2D eigenvalue weighted by Crippen LogP contribution is -2.25. The molecule has 1 atom stereocenters.